The van der Waals surface area contributed by atoms with E-state index in [-0.39, 0.29) is 0 Å². The summed E-state index contributed by atoms with van der Waals surface area (Å²) < 4.78 is 0. The fourth-order valence-electron chi connectivity index (χ4n) is 2.84. The molecular weight excluding hydrogens is 258 g/mol. The Morgan fingerprint density at radius 1 is 1.53 bits per heavy atom. The van der Waals surface area contributed by atoms with Crippen LogP contribution in [0.3, 0.4) is 0 Å². The molecule has 1 aliphatic heterocycles. The Balaban J connectivity index is 2.21. The number of nitrogens with zero attached hydrogens (tertiary/aromatic N) is 2. The van der Waals surface area contributed by atoms with E-state index in [1.165, 1.54) is 12.8 Å². The van der Waals surface area contributed by atoms with E-state index >= 15 is 0 Å². The smallest absolute Gasteiger partial charge is 0.101 e. The molecule has 1 aromatic carbocycles. The molecule has 0 aliphatic carbocycles. The quantitative estimate of drug-likeness (QED) is 0.923. The summed E-state index contributed by atoms with van der Waals surface area (Å²) in [7, 11) is 0. The molecule has 1 aromatic rings. The van der Waals surface area contributed by atoms with Crippen LogP contribution in [0.25, 0.3) is 0 Å². The van der Waals surface area contributed by atoms with Crippen molar-refractivity contribution in [1.29, 1.82) is 5.26 Å². The van der Waals surface area contributed by atoms with Crippen molar-refractivity contribution in [1.82, 2.24) is 0 Å². The first kappa shape index (κ1) is 14.2. The van der Waals surface area contributed by atoms with Gasteiger partial charge in [0.05, 0.1) is 10.6 Å². The Kier molecular flexibility index (Phi) is 4.68. The maximum Gasteiger partial charge on any atom is 0.101 e. The minimum Gasteiger partial charge on any atom is -0.367 e. The van der Waals surface area contributed by atoms with Crippen LogP contribution in [0.15, 0.2) is 18.2 Å². The van der Waals surface area contributed by atoms with Gasteiger partial charge in [0.1, 0.15) is 6.07 Å². The molecule has 2 N–H and O–H groups in total. The molecule has 0 amide bonds. The SMILES string of the molecule is CCC1CCN(c2ccc(C#N)c(Cl)c2)C(CN)C1. The molecule has 1 heterocycles. The number of nitrogens with two attached hydrogens (primary N) is 1. The zero-order chi connectivity index (χ0) is 13.8. The van der Waals surface area contributed by atoms with Gasteiger partial charge in [-0.15, -0.1) is 0 Å². The summed E-state index contributed by atoms with van der Waals surface area (Å²) in [6, 6.07) is 8.11. The third-order valence-corrected chi connectivity index (χ3v) is 4.39. The second-order valence-corrected chi connectivity index (χ2v) is 5.56. The van der Waals surface area contributed by atoms with Crippen LogP contribution < -0.4 is 10.6 Å². The number of piperidine rings is 1. The minimum atomic E-state index is 0.378. The number of rotatable bonds is 3. The molecule has 1 fully saturated rings. The van der Waals surface area contributed by atoms with Gasteiger partial charge in [-0.1, -0.05) is 24.9 Å². The zero-order valence-corrected chi connectivity index (χ0v) is 12.0. The lowest BCUT2D eigenvalue weighted by atomic mass is 9.88. The second kappa shape index (κ2) is 6.27. The van der Waals surface area contributed by atoms with Crippen molar-refractivity contribution in [2.24, 2.45) is 11.7 Å². The lowest BCUT2D eigenvalue weighted by Gasteiger charge is -2.40. The molecule has 1 aliphatic rings. The first-order chi connectivity index (χ1) is 9.19. The van der Waals surface area contributed by atoms with Crippen molar-refractivity contribution in [2.75, 3.05) is 18.0 Å². The summed E-state index contributed by atoms with van der Waals surface area (Å²) in [6.45, 7) is 3.92. The highest BCUT2D eigenvalue weighted by molar-refractivity contribution is 6.32. The molecule has 3 nitrogen and oxygen atoms in total. The van der Waals surface area contributed by atoms with Crippen molar-refractivity contribution in [3.8, 4) is 6.07 Å². The second-order valence-electron chi connectivity index (χ2n) is 5.16. The highest BCUT2D eigenvalue weighted by Gasteiger charge is 2.27. The first-order valence-electron chi connectivity index (χ1n) is 6.86. The maximum atomic E-state index is 8.92. The maximum absolute atomic E-state index is 8.92. The minimum absolute atomic E-state index is 0.378. The first-order valence-corrected chi connectivity index (χ1v) is 7.23. The van der Waals surface area contributed by atoms with Crippen LogP contribution in [0.5, 0.6) is 0 Å². The van der Waals surface area contributed by atoms with E-state index in [9.17, 15) is 0 Å². The average molecular weight is 278 g/mol. The molecule has 2 unspecified atom stereocenters. The Morgan fingerprint density at radius 3 is 2.89 bits per heavy atom. The normalized spacial score (nSPS) is 23.2. The molecule has 19 heavy (non-hydrogen) atoms. The largest absolute Gasteiger partial charge is 0.367 e. The predicted molar refractivity (Wildman–Crippen MR) is 79.4 cm³/mol. The van der Waals surface area contributed by atoms with E-state index in [0.29, 0.717) is 23.2 Å². The third kappa shape index (κ3) is 3.02. The molecule has 0 spiro atoms. The topological polar surface area (TPSA) is 53.0 Å². The zero-order valence-electron chi connectivity index (χ0n) is 11.3. The van der Waals surface area contributed by atoms with Crippen molar-refractivity contribution >= 4 is 17.3 Å². The number of hydrogen-bond acceptors (Lipinski definition) is 3. The van der Waals surface area contributed by atoms with Crippen molar-refractivity contribution in [3.63, 3.8) is 0 Å². The van der Waals surface area contributed by atoms with Gasteiger partial charge in [0.15, 0.2) is 0 Å². The summed E-state index contributed by atoms with van der Waals surface area (Å²) in [5, 5.41) is 9.44. The summed E-state index contributed by atoms with van der Waals surface area (Å²) in [5.74, 6) is 0.777. The number of halogens is 1. The van der Waals surface area contributed by atoms with Gasteiger partial charge in [0.2, 0.25) is 0 Å². The van der Waals surface area contributed by atoms with E-state index in [4.69, 9.17) is 22.6 Å². The average Bonchev–Trinajstić information content (AvgIpc) is 2.46. The van der Waals surface area contributed by atoms with Crippen LogP contribution in [0.1, 0.15) is 31.7 Å². The van der Waals surface area contributed by atoms with Gasteiger partial charge in [0, 0.05) is 24.8 Å². The molecule has 1 saturated heterocycles. The number of anilines is 1. The molecule has 0 aromatic heterocycles. The molecule has 2 rings (SSSR count). The molecular formula is C15H20ClN3. The van der Waals surface area contributed by atoms with E-state index in [0.717, 1.165) is 24.6 Å². The van der Waals surface area contributed by atoms with E-state index < -0.39 is 0 Å². The summed E-state index contributed by atoms with van der Waals surface area (Å²) in [4.78, 5) is 2.33. The van der Waals surface area contributed by atoms with Gasteiger partial charge in [-0.05, 0) is 37.0 Å². The van der Waals surface area contributed by atoms with E-state index in [2.05, 4.69) is 17.9 Å². The lowest BCUT2D eigenvalue weighted by molar-refractivity contribution is 0.336. The van der Waals surface area contributed by atoms with Crippen molar-refractivity contribution in [3.05, 3.63) is 28.8 Å². The molecule has 4 heteroatoms. The van der Waals surface area contributed by atoms with Gasteiger partial charge < -0.3 is 10.6 Å². The number of nitriles is 1. The van der Waals surface area contributed by atoms with E-state index in [1.54, 1.807) is 6.07 Å². The van der Waals surface area contributed by atoms with Crippen LogP contribution in [0.4, 0.5) is 5.69 Å². The van der Waals surface area contributed by atoms with Crippen LogP contribution in [0.2, 0.25) is 5.02 Å². The Bertz CT molecular complexity index is 481. The summed E-state index contributed by atoms with van der Waals surface area (Å²) in [6.07, 6.45) is 3.56. The molecule has 0 bridgehead atoms. The van der Waals surface area contributed by atoms with Crippen LogP contribution in [-0.4, -0.2) is 19.1 Å². The summed E-state index contributed by atoms with van der Waals surface area (Å²) >= 11 is 6.12. The number of benzene rings is 1. The Labute approximate surface area is 120 Å². The van der Waals surface area contributed by atoms with Crippen LogP contribution in [0, 0.1) is 17.2 Å². The van der Waals surface area contributed by atoms with Crippen LogP contribution in [-0.2, 0) is 0 Å². The molecule has 0 saturated carbocycles. The number of hydrogen-bond donors (Lipinski definition) is 1. The highest BCUT2D eigenvalue weighted by Crippen LogP contribution is 2.31. The van der Waals surface area contributed by atoms with Gasteiger partial charge >= 0.3 is 0 Å². The van der Waals surface area contributed by atoms with Crippen LogP contribution >= 0.6 is 11.6 Å². The standard InChI is InChI=1S/C15H20ClN3/c1-2-11-5-6-19(14(7-11)10-18)13-4-3-12(9-17)15(16)8-13/h3-4,8,11,14H,2,5-7,10,18H2,1H3. The van der Waals surface area contributed by atoms with Gasteiger partial charge in [0.25, 0.3) is 0 Å². The molecule has 102 valence electrons. The van der Waals surface area contributed by atoms with Gasteiger partial charge in [-0.2, -0.15) is 5.26 Å². The highest BCUT2D eigenvalue weighted by atomic mass is 35.5. The van der Waals surface area contributed by atoms with Crippen molar-refractivity contribution in [2.45, 2.75) is 32.2 Å². The fraction of sp³-hybridized carbons (Fsp3) is 0.533. The lowest BCUT2D eigenvalue weighted by Crippen LogP contribution is -2.46. The third-order valence-electron chi connectivity index (χ3n) is 4.08. The fourth-order valence-corrected chi connectivity index (χ4v) is 3.06. The predicted octanol–water partition coefficient (Wildman–Crippen LogP) is 3.17. The van der Waals surface area contributed by atoms with Gasteiger partial charge in [-0.25, -0.2) is 0 Å². The van der Waals surface area contributed by atoms with Crippen molar-refractivity contribution < 1.29 is 0 Å². The monoisotopic (exact) mass is 277 g/mol. The summed E-state index contributed by atoms with van der Waals surface area (Å²) in [5.41, 5.74) is 7.52. The van der Waals surface area contributed by atoms with Gasteiger partial charge in [-0.3, -0.25) is 0 Å². The van der Waals surface area contributed by atoms with E-state index in [1.807, 2.05) is 12.1 Å². The Morgan fingerprint density at radius 2 is 2.32 bits per heavy atom. The molecule has 0 radical (unpaired) electrons. The molecule has 2 atom stereocenters. The Hall–Kier alpha value is -1.24.